The fourth-order valence-electron chi connectivity index (χ4n) is 5.93. The zero-order valence-electron chi connectivity index (χ0n) is 26.6. The van der Waals surface area contributed by atoms with Crippen LogP contribution in [0.1, 0.15) is 31.4 Å². The molecule has 0 saturated carbocycles. The standard InChI is InChI=1S/C34H33F2N2O3.C5H5.Fe/c1-22(39)41-32(25-10-12-28(35)13-11-25)19-18-31-33(38(34(31)40)30-16-14-29(36)15-17-30)26-8-6-24(7-9-26)27-5-4-23(20-27)21-37(2)3;1-2-4-5-3-1;/h4-17,20,31-33H,18-19,21H2,1-3H3;1-5H;/q2*-1;+2/t31-,32+,33-;;/m1../s1. The fourth-order valence-corrected chi connectivity index (χ4v) is 5.93. The molecule has 5 nitrogen and oxygen atoms in total. The van der Waals surface area contributed by atoms with Crippen LogP contribution < -0.4 is 4.90 Å². The van der Waals surface area contributed by atoms with Gasteiger partial charge in [0.05, 0.1) is 5.92 Å². The zero-order chi connectivity index (χ0) is 32.6. The molecule has 1 heterocycles. The number of esters is 1. The first-order valence-electron chi connectivity index (χ1n) is 15.4. The molecule has 3 aromatic rings. The van der Waals surface area contributed by atoms with Crippen LogP contribution in [-0.4, -0.2) is 43.5 Å². The maximum absolute atomic E-state index is 13.7. The van der Waals surface area contributed by atoms with Crippen LogP contribution in [0.4, 0.5) is 14.5 Å². The number of ether oxygens (including phenoxy) is 1. The van der Waals surface area contributed by atoms with E-state index in [2.05, 4.69) is 35.6 Å². The van der Waals surface area contributed by atoms with Gasteiger partial charge in [0.2, 0.25) is 5.91 Å². The minimum Gasteiger partial charge on any atom is -0.458 e. The van der Waals surface area contributed by atoms with Gasteiger partial charge in [0, 0.05) is 25.2 Å². The van der Waals surface area contributed by atoms with Crippen LogP contribution in [0.2, 0.25) is 0 Å². The summed E-state index contributed by atoms with van der Waals surface area (Å²) in [6.07, 6.45) is 14.9. The van der Waals surface area contributed by atoms with Crippen LogP contribution in [-0.2, 0) is 31.4 Å². The van der Waals surface area contributed by atoms with E-state index in [1.807, 2.05) is 56.6 Å². The number of hydrogen-bond donors (Lipinski definition) is 0. The number of carbonyl (C=O) groups excluding carboxylic acids is 2. The number of carbonyl (C=O) groups is 2. The molecule has 6 rings (SSSR count). The monoisotopic (exact) mass is 676 g/mol. The van der Waals surface area contributed by atoms with Gasteiger partial charge < -0.3 is 14.5 Å². The van der Waals surface area contributed by atoms with E-state index in [0.717, 1.165) is 23.3 Å². The summed E-state index contributed by atoms with van der Waals surface area (Å²) < 4.78 is 32.7. The average Bonchev–Trinajstić information content (AvgIpc) is 3.77. The second-order valence-electron chi connectivity index (χ2n) is 11.8. The molecule has 0 radical (unpaired) electrons. The largest absolute Gasteiger partial charge is 2.00 e. The summed E-state index contributed by atoms with van der Waals surface area (Å²) in [5.41, 5.74) is 5.72. The van der Waals surface area contributed by atoms with E-state index in [9.17, 15) is 18.4 Å². The van der Waals surface area contributed by atoms with Gasteiger partial charge in [-0.15, -0.1) is 35.8 Å². The number of anilines is 1. The van der Waals surface area contributed by atoms with Crippen molar-refractivity contribution in [3.05, 3.63) is 161 Å². The number of rotatable bonds is 9. The van der Waals surface area contributed by atoms with Crippen LogP contribution in [0.5, 0.6) is 0 Å². The van der Waals surface area contributed by atoms with E-state index in [4.69, 9.17) is 4.74 Å². The number of β-lactam (4-membered cyclic amide) rings is 1. The Morgan fingerprint density at radius 2 is 1.62 bits per heavy atom. The number of likely N-dealkylation sites (N-methyl/N-ethyl adjacent to an activating group) is 1. The molecule has 1 aliphatic heterocycles. The summed E-state index contributed by atoms with van der Waals surface area (Å²) in [7, 11) is 4.08. The molecule has 1 fully saturated rings. The first-order valence-corrected chi connectivity index (χ1v) is 15.4. The molecule has 0 N–H and O–H groups in total. The maximum atomic E-state index is 13.7. The van der Waals surface area contributed by atoms with Crippen molar-refractivity contribution in [1.29, 1.82) is 0 Å². The number of amides is 1. The van der Waals surface area contributed by atoms with Crippen LogP contribution in [0.15, 0.2) is 138 Å². The predicted octanol–water partition coefficient (Wildman–Crippen LogP) is 7.84. The van der Waals surface area contributed by atoms with Crippen LogP contribution >= 0.6 is 0 Å². The van der Waals surface area contributed by atoms with E-state index in [-0.39, 0.29) is 46.6 Å². The van der Waals surface area contributed by atoms with Gasteiger partial charge in [0.1, 0.15) is 17.7 Å². The molecule has 1 saturated heterocycles. The molecule has 1 amide bonds. The van der Waals surface area contributed by atoms with E-state index < -0.39 is 12.1 Å². The predicted molar refractivity (Wildman–Crippen MR) is 178 cm³/mol. The van der Waals surface area contributed by atoms with Crippen molar-refractivity contribution < 1.29 is 40.2 Å². The van der Waals surface area contributed by atoms with E-state index >= 15 is 0 Å². The van der Waals surface area contributed by atoms with E-state index in [0.29, 0.717) is 24.1 Å². The molecule has 3 atom stereocenters. The summed E-state index contributed by atoms with van der Waals surface area (Å²) >= 11 is 0. The van der Waals surface area contributed by atoms with Gasteiger partial charge >= 0.3 is 23.0 Å². The number of halogens is 2. The van der Waals surface area contributed by atoms with E-state index in [1.165, 1.54) is 36.8 Å². The molecular formula is C39H38F2FeN2O3. The molecule has 0 spiro atoms. The quantitative estimate of drug-likeness (QED) is 0.100. The first kappa shape index (κ1) is 35.5. The van der Waals surface area contributed by atoms with Gasteiger partial charge in [-0.2, -0.15) is 18.2 Å². The Kier molecular flexibility index (Phi) is 12.4. The molecule has 3 aliphatic rings. The summed E-state index contributed by atoms with van der Waals surface area (Å²) in [6, 6.07) is 21.5. The summed E-state index contributed by atoms with van der Waals surface area (Å²) in [5, 5.41) is 0. The van der Waals surface area contributed by atoms with Crippen molar-refractivity contribution in [1.82, 2.24) is 4.90 Å². The normalized spacial score (nSPS) is 20.3. The molecular weight excluding hydrogens is 638 g/mol. The Morgan fingerprint density at radius 3 is 2.17 bits per heavy atom. The molecule has 244 valence electrons. The van der Waals surface area contributed by atoms with Crippen LogP contribution in [0.25, 0.3) is 0 Å². The summed E-state index contributed by atoms with van der Waals surface area (Å²) in [5.74, 6) is -1.63. The Morgan fingerprint density at radius 1 is 0.957 bits per heavy atom. The van der Waals surface area contributed by atoms with Crippen molar-refractivity contribution in [2.75, 3.05) is 25.5 Å². The third-order valence-electron chi connectivity index (χ3n) is 8.07. The fraction of sp³-hybridized carbons (Fsp3) is 0.231. The second-order valence-corrected chi connectivity index (χ2v) is 11.8. The molecule has 47 heavy (non-hydrogen) atoms. The van der Waals surface area contributed by atoms with Crippen molar-refractivity contribution in [2.24, 2.45) is 5.92 Å². The Bertz CT molecular complexity index is 1650. The molecule has 0 aromatic heterocycles. The number of nitrogens with zero attached hydrogens (tertiary/aromatic N) is 2. The second kappa shape index (κ2) is 16.5. The van der Waals surface area contributed by atoms with Gasteiger partial charge in [-0.25, -0.2) is 20.9 Å². The minimum absolute atomic E-state index is 0. The average molecular weight is 677 g/mol. The Balaban J connectivity index is 0.000000762. The molecule has 0 bridgehead atoms. The van der Waals surface area contributed by atoms with Gasteiger partial charge in [-0.1, -0.05) is 35.9 Å². The van der Waals surface area contributed by atoms with Crippen molar-refractivity contribution >= 4 is 17.6 Å². The van der Waals surface area contributed by atoms with Crippen LogP contribution in [0.3, 0.4) is 0 Å². The van der Waals surface area contributed by atoms with Gasteiger partial charge in [0.15, 0.2) is 0 Å². The maximum Gasteiger partial charge on any atom is 2.00 e. The first-order chi connectivity index (χ1) is 22.2. The zero-order valence-corrected chi connectivity index (χ0v) is 27.7. The van der Waals surface area contributed by atoms with Gasteiger partial charge in [-0.05, 0) is 74.5 Å². The molecule has 0 unspecified atom stereocenters. The summed E-state index contributed by atoms with van der Waals surface area (Å²) in [6.45, 7) is 2.20. The van der Waals surface area contributed by atoms with Crippen molar-refractivity contribution in [3.8, 4) is 0 Å². The van der Waals surface area contributed by atoms with Crippen molar-refractivity contribution in [3.63, 3.8) is 0 Å². The smallest absolute Gasteiger partial charge is 0.458 e. The number of allylic oxidation sites excluding steroid dienone is 6. The minimum atomic E-state index is -0.600. The Labute approximate surface area is 286 Å². The topological polar surface area (TPSA) is 49.9 Å². The van der Waals surface area contributed by atoms with E-state index in [1.54, 1.807) is 29.2 Å². The molecule has 2 aliphatic carbocycles. The molecule has 3 aromatic carbocycles. The number of hydrogen-bond acceptors (Lipinski definition) is 4. The van der Waals surface area contributed by atoms with Gasteiger partial charge in [0.25, 0.3) is 0 Å². The molecule has 8 heteroatoms. The van der Waals surface area contributed by atoms with Crippen LogP contribution in [0, 0.1) is 24.0 Å². The third kappa shape index (κ3) is 9.13. The number of benzene rings is 2. The summed E-state index contributed by atoms with van der Waals surface area (Å²) in [4.78, 5) is 29.2. The third-order valence-corrected chi connectivity index (χ3v) is 8.07. The van der Waals surface area contributed by atoms with Gasteiger partial charge in [-0.3, -0.25) is 9.59 Å². The Hall–Kier alpha value is -4.36. The SMILES string of the molecule is CC(=O)O[C@@H](CC[C@H]1C(=O)N(c2ccc(F)cc2)[C@@H]1C1=C[CH-]/C(=C2/C=CC(CN(C)C)=C2)C=C1)c1ccc(F)cc1.[Fe+2].c1cc[cH-]c1. The van der Waals surface area contributed by atoms with Crippen molar-refractivity contribution in [2.45, 2.75) is 31.9 Å².